The summed E-state index contributed by atoms with van der Waals surface area (Å²) in [4.78, 5) is 12.9. The molecule has 0 radical (unpaired) electrons. The first-order valence-electron chi connectivity index (χ1n) is 8.20. The monoisotopic (exact) mass is 380 g/mol. The molecule has 1 saturated heterocycles. The first-order valence-corrected chi connectivity index (χ1v) is 9.69. The van der Waals surface area contributed by atoms with Gasteiger partial charge in [0, 0.05) is 18.8 Å². The lowest BCUT2D eigenvalue weighted by molar-refractivity contribution is -0.129. The van der Waals surface area contributed by atoms with E-state index in [9.17, 15) is 22.0 Å². The van der Waals surface area contributed by atoms with E-state index in [1.807, 2.05) is 0 Å². The number of benzene rings is 2. The Morgan fingerprint density at radius 1 is 1.00 bits per heavy atom. The van der Waals surface area contributed by atoms with Crippen molar-refractivity contribution >= 4 is 21.6 Å². The molecule has 1 heterocycles. The summed E-state index contributed by atoms with van der Waals surface area (Å²) in [7, 11) is -4.40. The van der Waals surface area contributed by atoms with Crippen LogP contribution in [0.1, 0.15) is 18.4 Å². The molecule has 0 aromatic heterocycles. The van der Waals surface area contributed by atoms with Crippen LogP contribution < -0.4 is 4.72 Å². The van der Waals surface area contributed by atoms with Gasteiger partial charge in [0.1, 0.15) is 11.6 Å². The minimum Gasteiger partial charge on any atom is -0.342 e. The highest BCUT2D eigenvalue weighted by molar-refractivity contribution is 7.92. The Bertz CT molecular complexity index is 888. The standard InChI is InChI=1S/C18H18F2N2O3S/c19-15-4-3-5-16(20)18(15)26(24,25)21-14-8-6-13(7-9-14)12-17(23)22-10-1-2-11-22/h3-9,21H,1-2,10-12H2. The van der Waals surface area contributed by atoms with Crippen LogP contribution in [0.2, 0.25) is 0 Å². The number of sulfonamides is 1. The summed E-state index contributed by atoms with van der Waals surface area (Å²) in [6, 6.07) is 9.00. The van der Waals surface area contributed by atoms with E-state index in [2.05, 4.69) is 4.72 Å². The van der Waals surface area contributed by atoms with Crippen molar-refractivity contribution in [1.29, 1.82) is 0 Å². The molecule has 0 atom stereocenters. The van der Waals surface area contributed by atoms with Crippen molar-refractivity contribution in [1.82, 2.24) is 4.90 Å². The Balaban J connectivity index is 1.71. The van der Waals surface area contributed by atoms with Gasteiger partial charge in [0.25, 0.3) is 10.0 Å². The third-order valence-electron chi connectivity index (χ3n) is 4.21. The van der Waals surface area contributed by atoms with Gasteiger partial charge in [0.2, 0.25) is 5.91 Å². The molecule has 0 aliphatic carbocycles. The van der Waals surface area contributed by atoms with Gasteiger partial charge in [-0.25, -0.2) is 17.2 Å². The summed E-state index contributed by atoms with van der Waals surface area (Å²) in [5, 5.41) is 0. The molecule has 26 heavy (non-hydrogen) atoms. The molecule has 138 valence electrons. The predicted octanol–water partition coefficient (Wildman–Crippen LogP) is 2.93. The smallest absolute Gasteiger partial charge is 0.267 e. The van der Waals surface area contributed by atoms with Gasteiger partial charge in [0.05, 0.1) is 6.42 Å². The fourth-order valence-corrected chi connectivity index (χ4v) is 4.09. The maximum atomic E-state index is 13.7. The van der Waals surface area contributed by atoms with Gasteiger partial charge in [-0.05, 0) is 42.7 Å². The number of rotatable bonds is 5. The van der Waals surface area contributed by atoms with Crippen molar-refractivity contribution in [3.63, 3.8) is 0 Å². The normalized spacial score (nSPS) is 14.5. The molecule has 0 spiro atoms. The number of anilines is 1. The van der Waals surface area contributed by atoms with Crippen molar-refractivity contribution in [2.24, 2.45) is 0 Å². The lowest BCUT2D eigenvalue weighted by Crippen LogP contribution is -2.29. The molecule has 8 heteroatoms. The molecular formula is C18H18F2N2O3S. The maximum absolute atomic E-state index is 13.7. The Labute approximate surface area is 150 Å². The third kappa shape index (κ3) is 4.01. The maximum Gasteiger partial charge on any atom is 0.267 e. The van der Waals surface area contributed by atoms with Crippen LogP contribution in [0.5, 0.6) is 0 Å². The minimum absolute atomic E-state index is 0.0317. The number of halogens is 2. The second kappa shape index (κ2) is 7.41. The number of carbonyl (C=O) groups excluding carboxylic acids is 1. The van der Waals surface area contributed by atoms with E-state index in [1.54, 1.807) is 17.0 Å². The van der Waals surface area contributed by atoms with E-state index in [-0.39, 0.29) is 18.0 Å². The van der Waals surface area contributed by atoms with Gasteiger partial charge in [-0.2, -0.15) is 0 Å². The van der Waals surface area contributed by atoms with E-state index < -0.39 is 26.6 Å². The molecule has 5 nitrogen and oxygen atoms in total. The van der Waals surface area contributed by atoms with Gasteiger partial charge >= 0.3 is 0 Å². The summed E-state index contributed by atoms with van der Waals surface area (Å²) >= 11 is 0. The average molecular weight is 380 g/mol. The quantitative estimate of drug-likeness (QED) is 0.867. The van der Waals surface area contributed by atoms with Crippen LogP contribution in [0.15, 0.2) is 47.4 Å². The highest BCUT2D eigenvalue weighted by atomic mass is 32.2. The Kier molecular flexibility index (Phi) is 5.22. The Hall–Kier alpha value is -2.48. The fourth-order valence-electron chi connectivity index (χ4n) is 2.89. The number of likely N-dealkylation sites (tertiary alicyclic amines) is 1. The van der Waals surface area contributed by atoms with Crippen LogP contribution in [-0.4, -0.2) is 32.3 Å². The topological polar surface area (TPSA) is 66.5 Å². The van der Waals surface area contributed by atoms with Crippen LogP contribution in [-0.2, 0) is 21.2 Å². The lowest BCUT2D eigenvalue weighted by Gasteiger charge is -2.15. The van der Waals surface area contributed by atoms with Crippen LogP contribution in [0.25, 0.3) is 0 Å². The molecule has 1 aliphatic rings. The zero-order chi connectivity index (χ0) is 18.7. The van der Waals surface area contributed by atoms with Crippen LogP contribution in [0, 0.1) is 11.6 Å². The van der Waals surface area contributed by atoms with Crippen molar-refractivity contribution in [3.05, 3.63) is 59.7 Å². The lowest BCUT2D eigenvalue weighted by atomic mass is 10.1. The summed E-state index contributed by atoms with van der Waals surface area (Å²) in [5.41, 5.74) is 0.895. The first-order chi connectivity index (χ1) is 12.4. The van der Waals surface area contributed by atoms with E-state index in [4.69, 9.17) is 0 Å². The van der Waals surface area contributed by atoms with Gasteiger partial charge < -0.3 is 4.90 Å². The highest BCUT2D eigenvalue weighted by Crippen LogP contribution is 2.22. The summed E-state index contributed by atoms with van der Waals surface area (Å²) in [5.74, 6) is -2.29. The van der Waals surface area contributed by atoms with Crippen LogP contribution in [0.3, 0.4) is 0 Å². The third-order valence-corrected chi connectivity index (χ3v) is 5.64. The second-order valence-corrected chi connectivity index (χ2v) is 7.74. The Morgan fingerprint density at radius 3 is 2.15 bits per heavy atom. The zero-order valence-corrected chi connectivity index (χ0v) is 14.7. The van der Waals surface area contributed by atoms with E-state index in [1.165, 1.54) is 12.1 Å². The van der Waals surface area contributed by atoms with Gasteiger partial charge in [-0.1, -0.05) is 18.2 Å². The van der Waals surface area contributed by atoms with E-state index >= 15 is 0 Å². The molecule has 0 saturated carbocycles. The number of hydrogen-bond donors (Lipinski definition) is 1. The molecular weight excluding hydrogens is 362 g/mol. The number of amides is 1. The fraction of sp³-hybridized carbons (Fsp3) is 0.278. The van der Waals surface area contributed by atoms with E-state index in [0.717, 1.165) is 49.7 Å². The number of nitrogens with zero attached hydrogens (tertiary/aromatic N) is 1. The highest BCUT2D eigenvalue weighted by Gasteiger charge is 2.24. The molecule has 1 aliphatic heterocycles. The summed E-state index contributed by atoms with van der Waals surface area (Å²) < 4.78 is 54.0. The molecule has 1 N–H and O–H groups in total. The van der Waals surface area contributed by atoms with Gasteiger partial charge in [0.15, 0.2) is 4.90 Å². The number of hydrogen-bond acceptors (Lipinski definition) is 3. The second-order valence-electron chi connectivity index (χ2n) is 6.12. The van der Waals surface area contributed by atoms with Gasteiger partial charge in [-0.3, -0.25) is 9.52 Å². The molecule has 2 aromatic rings. The first kappa shape index (κ1) is 18.3. The van der Waals surface area contributed by atoms with Crippen molar-refractivity contribution in [2.45, 2.75) is 24.2 Å². The largest absolute Gasteiger partial charge is 0.342 e. The average Bonchev–Trinajstić information content (AvgIpc) is 3.10. The molecule has 0 bridgehead atoms. The zero-order valence-electron chi connectivity index (χ0n) is 13.9. The molecule has 3 rings (SSSR count). The molecule has 0 unspecified atom stereocenters. The van der Waals surface area contributed by atoms with Crippen LogP contribution >= 0.6 is 0 Å². The van der Waals surface area contributed by atoms with Crippen molar-refractivity contribution in [3.8, 4) is 0 Å². The molecule has 1 amide bonds. The van der Waals surface area contributed by atoms with Crippen LogP contribution in [0.4, 0.5) is 14.5 Å². The van der Waals surface area contributed by atoms with Gasteiger partial charge in [-0.15, -0.1) is 0 Å². The summed E-state index contributed by atoms with van der Waals surface area (Å²) in [6.07, 6.45) is 2.26. The predicted molar refractivity (Wildman–Crippen MR) is 93.1 cm³/mol. The number of carbonyl (C=O) groups is 1. The van der Waals surface area contributed by atoms with Crippen molar-refractivity contribution in [2.75, 3.05) is 17.8 Å². The van der Waals surface area contributed by atoms with E-state index in [0.29, 0.717) is 0 Å². The SMILES string of the molecule is O=C(Cc1ccc(NS(=O)(=O)c2c(F)cccc2F)cc1)N1CCCC1. The molecule has 2 aromatic carbocycles. The van der Waals surface area contributed by atoms with Crippen molar-refractivity contribution < 1.29 is 22.0 Å². The molecule has 1 fully saturated rings. The number of nitrogens with one attached hydrogen (secondary N) is 1. The summed E-state index contributed by atoms with van der Waals surface area (Å²) in [6.45, 7) is 1.54. The Morgan fingerprint density at radius 2 is 1.58 bits per heavy atom. The minimum atomic E-state index is -4.40.